The number of hydrogen-bond acceptors (Lipinski definition) is 2. The summed E-state index contributed by atoms with van der Waals surface area (Å²) in [6, 6.07) is 10.4. The molecule has 90 valence electrons. The van der Waals surface area contributed by atoms with Crippen LogP contribution in [-0.4, -0.2) is 12.6 Å². The first-order chi connectivity index (χ1) is 8.31. The van der Waals surface area contributed by atoms with Crippen molar-refractivity contribution in [1.29, 1.82) is 0 Å². The first kappa shape index (κ1) is 11.9. The maximum Gasteiger partial charge on any atom is 0.309 e. The van der Waals surface area contributed by atoms with E-state index in [1.165, 1.54) is 11.1 Å². The molecule has 0 aromatic heterocycles. The van der Waals surface area contributed by atoms with Gasteiger partial charge >= 0.3 is 5.97 Å². The summed E-state index contributed by atoms with van der Waals surface area (Å²) in [5.74, 6) is 0.0123. The lowest BCUT2D eigenvalue weighted by atomic mass is 9.87. The molecule has 1 atom stereocenters. The number of allylic oxidation sites excluding steroid dienone is 2. The number of ether oxygens (including phenoxy) is 1. The molecule has 0 saturated carbocycles. The Kier molecular flexibility index (Phi) is 3.97. The van der Waals surface area contributed by atoms with Gasteiger partial charge in [0.1, 0.15) is 0 Å². The predicted molar refractivity (Wildman–Crippen MR) is 68.4 cm³/mol. The Morgan fingerprint density at radius 1 is 1.35 bits per heavy atom. The normalized spacial score (nSPS) is 19.6. The van der Waals surface area contributed by atoms with Gasteiger partial charge in [-0.15, -0.1) is 0 Å². The van der Waals surface area contributed by atoms with Crippen molar-refractivity contribution in [2.75, 3.05) is 6.61 Å². The fourth-order valence-corrected chi connectivity index (χ4v) is 2.22. The Balaban J connectivity index is 2.00. The molecule has 0 spiro atoms. The van der Waals surface area contributed by atoms with Crippen LogP contribution in [0, 0.1) is 5.92 Å². The predicted octanol–water partition coefficient (Wildman–Crippen LogP) is 3.43. The Morgan fingerprint density at radius 3 is 2.71 bits per heavy atom. The lowest BCUT2D eigenvalue weighted by Crippen LogP contribution is -2.19. The molecular weight excluding hydrogens is 212 g/mol. The standard InChI is InChI=1S/C15H18O2/c1-2-17-15(16)14-10-8-13(9-11-14)12-6-4-3-5-7-12/h3-8,14H,2,9-11H2,1H3. The highest BCUT2D eigenvalue weighted by atomic mass is 16.5. The molecular formula is C15H18O2. The third-order valence-electron chi connectivity index (χ3n) is 3.18. The summed E-state index contributed by atoms with van der Waals surface area (Å²) in [4.78, 5) is 11.6. The van der Waals surface area contributed by atoms with Crippen LogP contribution in [0.25, 0.3) is 5.57 Å². The molecule has 1 aliphatic carbocycles. The van der Waals surface area contributed by atoms with E-state index in [0.29, 0.717) is 6.61 Å². The minimum absolute atomic E-state index is 0.0455. The van der Waals surface area contributed by atoms with Crippen molar-refractivity contribution in [2.45, 2.75) is 26.2 Å². The van der Waals surface area contributed by atoms with E-state index in [2.05, 4.69) is 18.2 Å². The van der Waals surface area contributed by atoms with Crippen molar-refractivity contribution in [3.63, 3.8) is 0 Å². The molecule has 0 saturated heterocycles. The highest BCUT2D eigenvalue weighted by molar-refractivity contribution is 5.75. The SMILES string of the molecule is CCOC(=O)C1CC=C(c2ccccc2)CC1. The summed E-state index contributed by atoms with van der Waals surface area (Å²) in [6.07, 6.45) is 4.86. The molecule has 0 aliphatic heterocycles. The molecule has 1 aromatic carbocycles. The number of hydrogen-bond donors (Lipinski definition) is 0. The highest BCUT2D eigenvalue weighted by Crippen LogP contribution is 2.30. The van der Waals surface area contributed by atoms with Crippen LogP contribution in [0.1, 0.15) is 31.7 Å². The van der Waals surface area contributed by atoms with Gasteiger partial charge < -0.3 is 4.74 Å². The Hall–Kier alpha value is -1.57. The summed E-state index contributed by atoms with van der Waals surface area (Å²) in [5.41, 5.74) is 2.63. The quantitative estimate of drug-likeness (QED) is 0.743. The van der Waals surface area contributed by atoms with Crippen LogP contribution in [0.4, 0.5) is 0 Å². The van der Waals surface area contributed by atoms with Gasteiger partial charge in [-0.2, -0.15) is 0 Å². The number of carbonyl (C=O) groups excluding carboxylic acids is 1. The Bertz CT molecular complexity index is 406. The van der Waals surface area contributed by atoms with Crippen LogP contribution in [-0.2, 0) is 9.53 Å². The largest absolute Gasteiger partial charge is 0.466 e. The molecule has 0 fully saturated rings. The van der Waals surface area contributed by atoms with E-state index < -0.39 is 0 Å². The average molecular weight is 230 g/mol. The van der Waals surface area contributed by atoms with Crippen molar-refractivity contribution in [2.24, 2.45) is 5.92 Å². The van der Waals surface area contributed by atoms with E-state index in [1.54, 1.807) is 0 Å². The van der Waals surface area contributed by atoms with Gasteiger partial charge in [0.2, 0.25) is 0 Å². The number of esters is 1. The van der Waals surface area contributed by atoms with Crippen LogP contribution in [0.3, 0.4) is 0 Å². The van der Waals surface area contributed by atoms with Gasteiger partial charge in [-0.25, -0.2) is 0 Å². The number of carbonyl (C=O) groups is 1. The van der Waals surface area contributed by atoms with Crippen molar-refractivity contribution >= 4 is 11.5 Å². The van der Waals surface area contributed by atoms with Crippen LogP contribution in [0.15, 0.2) is 36.4 Å². The molecule has 0 N–H and O–H groups in total. The molecule has 1 unspecified atom stereocenters. The van der Waals surface area contributed by atoms with Gasteiger partial charge in [0.05, 0.1) is 12.5 Å². The number of benzene rings is 1. The lowest BCUT2D eigenvalue weighted by molar-refractivity contribution is -0.148. The first-order valence-corrected chi connectivity index (χ1v) is 6.22. The third-order valence-corrected chi connectivity index (χ3v) is 3.18. The Morgan fingerprint density at radius 2 is 2.12 bits per heavy atom. The highest BCUT2D eigenvalue weighted by Gasteiger charge is 2.22. The van der Waals surface area contributed by atoms with Crippen molar-refractivity contribution in [3.8, 4) is 0 Å². The molecule has 0 heterocycles. The molecule has 0 bridgehead atoms. The second kappa shape index (κ2) is 5.67. The zero-order valence-corrected chi connectivity index (χ0v) is 10.2. The second-order valence-electron chi connectivity index (χ2n) is 4.32. The van der Waals surface area contributed by atoms with Gasteiger partial charge in [0, 0.05) is 0 Å². The summed E-state index contributed by atoms with van der Waals surface area (Å²) in [6.45, 7) is 2.33. The smallest absolute Gasteiger partial charge is 0.309 e. The van der Waals surface area contributed by atoms with E-state index in [0.717, 1.165) is 19.3 Å². The van der Waals surface area contributed by atoms with E-state index in [4.69, 9.17) is 4.74 Å². The van der Waals surface area contributed by atoms with E-state index in [1.807, 2.05) is 25.1 Å². The molecule has 2 heteroatoms. The van der Waals surface area contributed by atoms with E-state index >= 15 is 0 Å². The fourth-order valence-electron chi connectivity index (χ4n) is 2.22. The maximum atomic E-state index is 11.6. The lowest BCUT2D eigenvalue weighted by Gasteiger charge is -2.20. The molecule has 2 nitrogen and oxygen atoms in total. The van der Waals surface area contributed by atoms with Crippen LogP contribution >= 0.6 is 0 Å². The summed E-state index contributed by atoms with van der Waals surface area (Å²) in [7, 11) is 0. The number of rotatable bonds is 3. The summed E-state index contributed by atoms with van der Waals surface area (Å²) in [5, 5.41) is 0. The topological polar surface area (TPSA) is 26.3 Å². The van der Waals surface area contributed by atoms with E-state index in [9.17, 15) is 4.79 Å². The summed E-state index contributed by atoms with van der Waals surface area (Å²) < 4.78 is 5.05. The van der Waals surface area contributed by atoms with Gasteiger partial charge in [0.15, 0.2) is 0 Å². The minimum Gasteiger partial charge on any atom is -0.466 e. The van der Waals surface area contributed by atoms with Crippen LogP contribution < -0.4 is 0 Å². The van der Waals surface area contributed by atoms with Crippen LogP contribution in [0.2, 0.25) is 0 Å². The second-order valence-corrected chi connectivity index (χ2v) is 4.32. The van der Waals surface area contributed by atoms with Gasteiger partial charge in [-0.1, -0.05) is 36.4 Å². The van der Waals surface area contributed by atoms with Crippen molar-refractivity contribution < 1.29 is 9.53 Å². The minimum atomic E-state index is -0.0455. The zero-order valence-electron chi connectivity index (χ0n) is 10.2. The molecule has 0 amide bonds. The van der Waals surface area contributed by atoms with Crippen molar-refractivity contribution in [3.05, 3.63) is 42.0 Å². The first-order valence-electron chi connectivity index (χ1n) is 6.22. The van der Waals surface area contributed by atoms with Crippen LogP contribution in [0.5, 0.6) is 0 Å². The summed E-state index contributed by atoms with van der Waals surface area (Å²) >= 11 is 0. The van der Waals surface area contributed by atoms with Gasteiger partial charge in [-0.05, 0) is 37.3 Å². The average Bonchev–Trinajstić information content (AvgIpc) is 2.40. The molecule has 0 radical (unpaired) electrons. The van der Waals surface area contributed by atoms with Gasteiger partial charge in [-0.3, -0.25) is 4.79 Å². The third kappa shape index (κ3) is 2.96. The molecule has 1 aromatic rings. The molecule has 1 aliphatic rings. The monoisotopic (exact) mass is 230 g/mol. The van der Waals surface area contributed by atoms with E-state index in [-0.39, 0.29) is 11.9 Å². The molecule has 2 rings (SSSR count). The zero-order chi connectivity index (χ0) is 12.1. The molecule has 17 heavy (non-hydrogen) atoms. The van der Waals surface area contributed by atoms with Gasteiger partial charge in [0.25, 0.3) is 0 Å². The van der Waals surface area contributed by atoms with Crippen molar-refractivity contribution in [1.82, 2.24) is 0 Å². The maximum absolute atomic E-state index is 11.6. The Labute approximate surface area is 102 Å². The fraction of sp³-hybridized carbons (Fsp3) is 0.400.